The molecule has 0 aliphatic carbocycles. The molecule has 0 bridgehead atoms. The van der Waals surface area contributed by atoms with E-state index in [2.05, 4.69) is 10.6 Å². The molecule has 15 heteroatoms. The Morgan fingerprint density at radius 2 is 1.61 bits per heavy atom. The first-order chi connectivity index (χ1) is 17.0. The highest BCUT2D eigenvalue weighted by Gasteiger charge is 2.50. The summed E-state index contributed by atoms with van der Waals surface area (Å²) in [5, 5.41) is 75.3. The molecule has 1 aromatic carbocycles. The molecule has 2 aliphatic rings. The topological polar surface area (TPSA) is 227 Å². The molecule has 2 fully saturated rings. The number of hydrogen-bond donors (Lipinski definition) is 9. The Morgan fingerprint density at radius 1 is 0.944 bits per heavy atom. The van der Waals surface area contributed by atoms with Crippen LogP contribution in [0.25, 0.3) is 0 Å². The minimum atomic E-state index is -1.80. The van der Waals surface area contributed by atoms with Crippen molar-refractivity contribution in [2.75, 3.05) is 18.5 Å². The summed E-state index contributed by atoms with van der Waals surface area (Å²) >= 11 is 6.00. The summed E-state index contributed by atoms with van der Waals surface area (Å²) in [7, 11) is 0. The smallest absolute Gasteiger partial charge is 0.253 e. The molecule has 0 unspecified atom stereocenters. The van der Waals surface area contributed by atoms with Gasteiger partial charge in [0, 0.05) is 12.5 Å². The van der Waals surface area contributed by atoms with Crippen LogP contribution in [0.3, 0.4) is 0 Å². The van der Waals surface area contributed by atoms with Gasteiger partial charge < -0.3 is 60.6 Å². The number of hydrogen-bond acceptors (Lipinski definition) is 12. The molecule has 2 amide bonds. The second-order valence-corrected chi connectivity index (χ2v) is 8.81. The van der Waals surface area contributed by atoms with Gasteiger partial charge >= 0.3 is 0 Å². The van der Waals surface area contributed by atoms with E-state index in [9.17, 15) is 45.3 Å². The lowest BCUT2D eigenvalue weighted by molar-refractivity contribution is -0.342. The number of amides is 2. The maximum absolute atomic E-state index is 12.7. The number of rotatable bonds is 7. The number of carbonyl (C=O) groups is 2. The molecular weight excluding hydrogens is 508 g/mol. The van der Waals surface area contributed by atoms with E-state index >= 15 is 0 Å². The summed E-state index contributed by atoms with van der Waals surface area (Å²) in [6.45, 7) is -0.219. The second-order valence-electron chi connectivity index (χ2n) is 8.41. The van der Waals surface area contributed by atoms with Gasteiger partial charge in [-0.1, -0.05) is 11.6 Å². The van der Waals surface area contributed by atoms with Gasteiger partial charge in [0.25, 0.3) is 5.91 Å². The van der Waals surface area contributed by atoms with Crippen LogP contribution < -0.4 is 10.6 Å². The number of carbonyl (C=O) groups excluding carboxylic acids is 2. The summed E-state index contributed by atoms with van der Waals surface area (Å²) in [6, 6.07) is 4.01. The lowest BCUT2D eigenvalue weighted by atomic mass is 9.96. The Kier molecular flexibility index (Phi) is 9.59. The minimum absolute atomic E-state index is 0.0358. The van der Waals surface area contributed by atoms with Crippen molar-refractivity contribution in [3.63, 3.8) is 0 Å². The highest BCUT2D eigenvalue weighted by atomic mass is 35.5. The largest absolute Gasteiger partial charge is 0.394 e. The summed E-state index contributed by atoms with van der Waals surface area (Å²) in [5.41, 5.74) is 0.205. The van der Waals surface area contributed by atoms with E-state index in [1.165, 1.54) is 25.1 Å². The molecule has 2 aliphatic heterocycles. The Bertz CT molecular complexity index is 934. The summed E-state index contributed by atoms with van der Waals surface area (Å²) in [5.74, 6) is -1.18. The average Bonchev–Trinajstić information content (AvgIpc) is 2.84. The van der Waals surface area contributed by atoms with Crippen molar-refractivity contribution in [3.05, 3.63) is 28.8 Å². The van der Waals surface area contributed by atoms with Gasteiger partial charge in [-0.15, -0.1) is 0 Å². The molecule has 202 valence electrons. The monoisotopic (exact) mass is 536 g/mol. The Balaban J connectivity index is 1.71. The fraction of sp³-hybridized carbons (Fsp3) is 0.619. The Labute approximate surface area is 210 Å². The van der Waals surface area contributed by atoms with E-state index in [0.717, 1.165) is 0 Å². The highest BCUT2D eigenvalue weighted by Crippen LogP contribution is 2.29. The third-order valence-corrected chi connectivity index (χ3v) is 6.15. The number of ether oxygens (including phenoxy) is 3. The van der Waals surface area contributed by atoms with Crippen molar-refractivity contribution in [2.24, 2.45) is 0 Å². The van der Waals surface area contributed by atoms with Crippen LogP contribution in [0.5, 0.6) is 0 Å². The van der Waals surface area contributed by atoms with Gasteiger partial charge in [0.2, 0.25) is 5.91 Å². The molecule has 36 heavy (non-hydrogen) atoms. The summed E-state index contributed by atoms with van der Waals surface area (Å²) < 4.78 is 16.2. The molecule has 3 rings (SSSR count). The van der Waals surface area contributed by atoms with Gasteiger partial charge in [0.1, 0.15) is 48.8 Å². The number of aliphatic hydroxyl groups excluding tert-OH is 7. The SMILES string of the molecule is CC(=O)Nc1cc(C(=O)N[C@@H]2O[C@H](CO)[C@@H](O[C@H]3O[C@H](CO)[C@@H](O)[C@H](O)[C@H]3O)[C@H](O)[C@H]2O)ccc1Cl. The lowest BCUT2D eigenvalue weighted by Crippen LogP contribution is -2.66. The fourth-order valence-corrected chi connectivity index (χ4v) is 4.04. The molecule has 10 atom stereocenters. The van der Waals surface area contributed by atoms with Crippen LogP contribution in [0.4, 0.5) is 5.69 Å². The van der Waals surface area contributed by atoms with Crippen LogP contribution in [0, 0.1) is 0 Å². The first kappa shape index (κ1) is 28.6. The maximum Gasteiger partial charge on any atom is 0.253 e. The molecule has 14 nitrogen and oxygen atoms in total. The van der Waals surface area contributed by atoms with Crippen LogP contribution in [-0.2, 0) is 19.0 Å². The quantitative estimate of drug-likeness (QED) is 0.166. The van der Waals surface area contributed by atoms with Gasteiger partial charge in [-0.3, -0.25) is 9.59 Å². The third kappa shape index (κ3) is 6.12. The molecule has 1 aromatic rings. The van der Waals surface area contributed by atoms with Crippen molar-refractivity contribution >= 4 is 29.1 Å². The van der Waals surface area contributed by atoms with E-state index in [1.807, 2.05) is 0 Å². The van der Waals surface area contributed by atoms with Crippen molar-refractivity contribution < 1.29 is 59.5 Å². The molecule has 0 saturated carbocycles. The molecule has 0 radical (unpaired) electrons. The average molecular weight is 537 g/mol. The second kappa shape index (κ2) is 12.1. The van der Waals surface area contributed by atoms with Crippen molar-refractivity contribution in [1.82, 2.24) is 5.32 Å². The van der Waals surface area contributed by atoms with E-state index in [4.69, 9.17) is 25.8 Å². The molecular formula is C21H29ClN2O12. The fourth-order valence-electron chi connectivity index (χ4n) is 3.87. The van der Waals surface area contributed by atoms with Crippen LogP contribution in [0.1, 0.15) is 17.3 Å². The molecule has 2 heterocycles. The number of anilines is 1. The number of halogens is 1. The van der Waals surface area contributed by atoms with Gasteiger partial charge in [-0.05, 0) is 18.2 Å². The first-order valence-corrected chi connectivity index (χ1v) is 11.3. The zero-order valence-corrected chi connectivity index (χ0v) is 19.7. The normalized spacial score (nSPS) is 36.8. The van der Waals surface area contributed by atoms with Crippen LogP contribution in [0.2, 0.25) is 5.02 Å². The highest BCUT2D eigenvalue weighted by molar-refractivity contribution is 6.33. The number of nitrogens with one attached hydrogen (secondary N) is 2. The van der Waals surface area contributed by atoms with Crippen molar-refractivity contribution in [2.45, 2.75) is 68.3 Å². The zero-order valence-electron chi connectivity index (χ0n) is 19.0. The van der Waals surface area contributed by atoms with Gasteiger partial charge in [-0.25, -0.2) is 0 Å². The van der Waals surface area contributed by atoms with E-state index in [0.29, 0.717) is 0 Å². The third-order valence-electron chi connectivity index (χ3n) is 5.82. The van der Waals surface area contributed by atoms with E-state index < -0.39 is 86.4 Å². The van der Waals surface area contributed by atoms with E-state index in [1.54, 1.807) is 0 Å². The van der Waals surface area contributed by atoms with Crippen LogP contribution in [-0.4, -0.2) is 122 Å². The minimum Gasteiger partial charge on any atom is -0.394 e. The number of benzene rings is 1. The first-order valence-electron chi connectivity index (χ1n) is 10.9. The van der Waals surface area contributed by atoms with E-state index in [-0.39, 0.29) is 16.3 Å². The van der Waals surface area contributed by atoms with Crippen LogP contribution >= 0.6 is 11.6 Å². The maximum atomic E-state index is 12.7. The molecule has 0 aromatic heterocycles. The standard InChI is InChI=1S/C21H29ClN2O12/c1-7(27)23-10-4-8(2-3-9(10)22)19(33)24-20-16(31)15(30)18(12(6-26)34-20)36-21-17(32)14(29)13(28)11(5-25)35-21/h2-4,11-18,20-21,25-26,28-32H,5-6H2,1H3,(H,23,27)(H,24,33)/t11-,12-,13-,14+,15-,16-,17-,18-,20-,21-/m1/s1. The zero-order chi connectivity index (χ0) is 26.7. The Hall–Kier alpha value is -1.95. The van der Waals surface area contributed by atoms with Crippen molar-refractivity contribution in [3.8, 4) is 0 Å². The van der Waals surface area contributed by atoms with Crippen molar-refractivity contribution in [1.29, 1.82) is 0 Å². The summed E-state index contributed by atoms with van der Waals surface area (Å²) in [4.78, 5) is 24.1. The van der Waals surface area contributed by atoms with Gasteiger partial charge in [0.15, 0.2) is 12.5 Å². The van der Waals surface area contributed by atoms with Gasteiger partial charge in [-0.2, -0.15) is 0 Å². The molecule has 9 N–H and O–H groups in total. The Morgan fingerprint density at radius 3 is 2.22 bits per heavy atom. The lowest BCUT2D eigenvalue weighted by Gasteiger charge is -2.46. The predicted molar refractivity (Wildman–Crippen MR) is 120 cm³/mol. The van der Waals surface area contributed by atoms with Crippen LogP contribution in [0.15, 0.2) is 18.2 Å². The molecule has 0 spiro atoms. The van der Waals surface area contributed by atoms with Gasteiger partial charge in [0.05, 0.1) is 23.9 Å². The number of aliphatic hydroxyl groups is 7. The summed E-state index contributed by atoms with van der Waals surface area (Å²) in [6.07, 6.45) is -16.1. The molecule has 2 saturated heterocycles. The predicted octanol–water partition coefficient (Wildman–Crippen LogP) is -3.35.